The van der Waals surface area contributed by atoms with E-state index in [2.05, 4.69) is 17.4 Å². The summed E-state index contributed by atoms with van der Waals surface area (Å²) in [6.07, 6.45) is 2.05. The first kappa shape index (κ1) is 20.8. The van der Waals surface area contributed by atoms with Crippen LogP contribution < -0.4 is 10.1 Å². The Kier molecular flexibility index (Phi) is 5.81. The van der Waals surface area contributed by atoms with E-state index in [0.717, 1.165) is 12.8 Å². The number of benzene rings is 2. The summed E-state index contributed by atoms with van der Waals surface area (Å²) < 4.78 is 38.1. The molecule has 2 aromatic rings. The van der Waals surface area contributed by atoms with Crippen molar-refractivity contribution in [1.82, 2.24) is 9.62 Å². The summed E-state index contributed by atoms with van der Waals surface area (Å²) >= 11 is 0. The lowest BCUT2D eigenvalue weighted by atomic mass is 9.96. The number of morpholine rings is 1. The molecule has 160 valence electrons. The van der Waals surface area contributed by atoms with Crippen LogP contribution in [0.25, 0.3) is 0 Å². The van der Waals surface area contributed by atoms with Crippen molar-refractivity contribution in [2.75, 3.05) is 40.0 Å². The van der Waals surface area contributed by atoms with Crippen LogP contribution in [0.3, 0.4) is 0 Å². The molecule has 1 saturated heterocycles. The van der Waals surface area contributed by atoms with Gasteiger partial charge in [0.2, 0.25) is 10.0 Å². The molecule has 2 fully saturated rings. The maximum atomic E-state index is 13.1. The number of amides is 1. The summed E-state index contributed by atoms with van der Waals surface area (Å²) in [5.41, 5.74) is 1.49. The highest BCUT2D eigenvalue weighted by molar-refractivity contribution is 7.89. The molecule has 1 aliphatic carbocycles. The van der Waals surface area contributed by atoms with Crippen LogP contribution in [0.15, 0.2) is 53.4 Å². The Hall–Kier alpha value is -2.42. The minimum atomic E-state index is -3.79. The average molecular weight is 431 g/mol. The summed E-state index contributed by atoms with van der Waals surface area (Å²) in [4.78, 5) is 12.8. The topological polar surface area (TPSA) is 84.9 Å². The molecule has 1 N–H and O–H groups in total. The van der Waals surface area contributed by atoms with Crippen molar-refractivity contribution in [3.63, 3.8) is 0 Å². The van der Waals surface area contributed by atoms with Gasteiger partial charge in [-0.3, -0.25) is 4.79 Å². The van der Waals surface area contributed by atoms with Crippen LogP contribution in [-0.4, -0.2) is 58.6 Å². The van der Waals surface area contributed by atoms with E-state index in [-0.39, 0.29) is 35.1 Å². The molecule has 0 unspecified atom stereocenters. The number of sulfonamides is 1. The van der Waals surface area contributed by atoms with Gasteiger partial charge in [-0.05, 0) is 36.6 Å². The number of ether oxygens (including phenoxy) is 2. The molecule has 8 heteroatoms. The largest absolute Gasteiger partial charge is 0.495 e. The van der Waals surface area contributed by atoms with E-state index in [9.17, 15) is 13.2 Å². The third kappa shape index (κ3) is 4.08. The van der Waals surface area contributed by atoms with Gasteiger partial charge in [-0.15, -0.1) is 0 Å². The molecule has 0 bridgehead atoms. The second-order valence-electron chi connectivity index (χ2n) is 7.71. The van der Waals surface area contributed by atoms with Gasteiger partial charge in [0, 0.05) is 30.6 Å². The zero-order chi connectivity index (χ0) is 21.2. The monoisotopic (exact) mass is 430 g/mol. The molecule has 7 nitrogen and oxygen atoms in total. The number of methoxy groups -OCH3 is 1. The van der Waals surface area contributed by atoms with Gasteiger partial charge in [-0.25, -0.2) is 8.42 Å². The minimum absolute atomic E-state index is 0.00347. The lowest BCUT2D eigenvalue weighted by Crippen LogP contribution is -2.40. The van der Waals surface area contributed by atoms with Crippen molar-refractivity contribution in [2.45, 2.75) is 23.2 Å². The van der Waals surface area contributed by atoms with Crippen LogP contribution in [-0.2, 0) is 20.2 Å². The van der Waals surface area contributed by atoms with E-state index in [0.29, 0.717) is 25.3 Å². The first-order chi connectivity index (χ1) is 14.5. The molecule has 0 aromatic heterocycles. The van der Waals surface area contributed by atoms with Crippen LogP contribution >= 0.6 is 0 Å². The molecule has 1 saturated carbocycles. The van der Waals surface area contributed by atoms with Crippen molar-refractivity contribution in [3.05, 3.63) is 59.7 Å². The molecular formula is C22H26N2O5S. The molecular weight excluding hydrogens is 404 g/mol. The van der Waals surface area contributed by atoms with E-state index in [1.165, 1.54) is 29.1 Å². The third-order valence-electron chi connectivity index (χ3n) is 5.84. The Bertz CT molecular complexity index is 1010. The van der Waals surface area contributed by atoms with Gasteiger partial charge >= 0.3 is 0 Å². The molecule has 2 aliphatic rings. The van der Waals surface area contributed by atoms with E-state index >= 15 is 0 Å². The number of carbonyl (C=O) groups is 1. The SMILES string of the molecule is COc1ccc(C(=O)NCC2(c3ccccc3)CC2)cc1S(=O)(=O)N1CCOCC1. The Labute approximate surface area is 177 Å². The Morgan fingerprint density at radius 3 is 2.47 bits per heavy atom. The molecule has 2 aromatic carbocycles. The molecule has 4 rings (SSSR count). The van der Waals surface area contributed by atoms with E-state index in [4.69, 9.17) is 9.47 Å². The van der Waals surface area contributed by atoms with Gasteiger partial charge in [0.05, 0.1) is 20.3 Å². The first-order valence-electron chi connectivity index (χ1n) is 10.1. The summed E-state index contributed by atoms with van der Waals surface area (Å²) in [5, 5.41) is 2.99. The Morgan fingerprint density at radius 1 is 1.13 bits per heavy atom. The van der Waals surface area contributed by atoms with Gasteiger partial charge in [0.15, 0.2) is 0 Å². The third-order valence-corrected chi connectivity index (χ3v) is 7.76. The molecule has 0 spiro atoms. The lowest BCUT2D eigenvalue weighted by Gasteiger charge is -2.26. The fourth-order valence-electron chi connectivity index (χ4n) is 3.81. The highest BCUT2D eigenvalue weighted by Gasteiger charge is 2.44. The van der Waals surface area contributed by atoms with Crippen LogP contribution in [0.2, 0.25) is 0 Å². The zero-order valence-corrected chi connectivity index (χ0v) is 17.8. The van der Waals surface area contributed by atoms with E-state index in [1.54, 1.807) is 6.07 Å². The smallest absolute Gasteiger partial charge is 0.251 e. The van der Waals surface area contributed by atoms with E-state index < -0.39 is 10.0 Å². The average Bonchev–Trinajstić information content (AvgIpc) is 3.59. The van der Waals surface area contributed by atoms with Gasteiger partial charge < -0.3 is 14.8 Å². The van der Waals surface area contributed by atoms with Crippen molar-refractivity contribution in [2.24, 2.45) is 0 Å². The summed E-state index contributed by atoms with van der Waals surface area (Å²) in [6, 6.07) is 14.7. The fourth-order valence-corrected chi connectivity index (χ4v) is 5.40. The van der Waals surface area contributed by atoms with Crippen LogP contribution in [0.5, 0.6) is 5.75 Å². The van der Waals surface area contributed by atoms with Gasteiger partial charge in [-0.1, -0.05) is 30.3 Å². The highest BCUT2D eigenvalue weighted by atomic mass is 32.2. The molecule has 1 aliphatic heterocycles. The highest BCUT2D eigenvalue weighted by Crippen LogP contribution is 2.47. The van der Waals surface area contributed by atoms with Crippen molar-refractivity contribution < 1.29 is 22.7 Å². The quantitative estimate of drug-likeness (QED) is 0.728. The van der Waals surface area contributed by atoms with Crippen molar-refractivity contribution >= 4 is 15.9 Å². The Balaban J connectivity index is 1.53. The summed E-state index contributed by atoms with van der Waals surface area (Å²) in [7, 11) is -2.37. The summed E-state index contributed by atoms with van der Waals surface area (Å²) in [5.74, 6) is -0.0701. The van der Waals surface area contributed by atoms with Crippen molar-refractivity contribution in [3.8, 4) is 5.75 Å². The number of carbonyl (C=O) groups excluding carboxylic acids is 1. The normalized spacial score (nSPS) is 18.6. The number of rotatable bonds is 7. The summed E-state index contributed by atoms with van der Waals surface area (Å²) in [6.45, 7) is 1.78. The number of hydrogen-bond donors (Lipinski definition) is 1. The zero-order valence-electron chi connectivity index (χ0n) is 17.0. The van der Waals surface area contributed by atoms with Crippen LogP contribution in [0.4, 0.5) is 0 Å². The van der Waals surface area contributed by atoms with Crippen molar-refractivity contribution in [1.29, 1.82) is 0 Å². The molecule has 0 radical (unpaired) electrons. The van der Waals surface area contributed by atoms with Gasteiger partial charge in [0.1, 0.15) is 10.6 Å². The maximum absolute atomic E-state index is 13.1. The predicted octanol–water partition coefficient (Wildman–Crippen LogP) is 2.18. The predicted molar refractivity (Wildman–Crippen MR) is 112 cm³/mol. The molecule has 1 heterocycles. The maximum Gasteiger partial charge on any atom is 0.251 e. The van der Waals surface area contributed by atoms with E-state index in [1.807, 2.05) is 18.2 Å². The van der Waals surface area contributed by atoms with Crippen LogP contribution in [0, 0.1) is 0 Å². The lowest BCUT2D eigenvalue weighted by molar-refractivity contribution is 0.0729. The Morgan fingerprint density at radius 2 is 1.83 bits per heavy atom. The molecule has 0 atom stereocenters. The van der Waals surface area contributed by atoms with Gasteiger partial charge in [-0.2, -0.15) is 4.31 Å². The number of nitrogens with zero attached hydrogens (tertiary/aromatic N) is 1. The second-order valence-corrected chi connectivity index (χ2v) is 9.62. The minimum Gasteiger partial charge on any atom is -0.495 e. The molecule has 30 heavy (non-hydrogen) atoms. The number of hydrogen-bond acceptors (Lipinski definition) is 5. The number of nitrogens with one attached hydrogen (secondary N) is 1. The van der Waals surface area contributed by atoms with Gasteiger partial charge in [0.25, 0.3) is 5.91 Å². The molecule has 1 amide bonds. The second kappa shape index (κ2) is 8.37. The first-order valence-corrected chi connectivity index (χ1v) is 11.5. The fraction of sp³-hybridized carbons (Fsp3) is 0.409. The van der Waals surface area contributed by atoms with Crippen LogP contribution in [0.1, 0.15) is 28.8 Å². The standard InChI is InChI=1S/C22H26N2O5S/c1-28-19-8-7-17(15-20(19)30(26,27)24-11-13-29-14-12-24)21(25)23-16-22(9-10-22)18-5-3-2-4-6-18/h2-8,15H,9-14,16H2,1H3,(H,23,25).